The molecule has 3 nitrogen and oxygen atoms in total. The van der Waals surface area contributed by atoms with Crippen molar-refractivity contribution in [1.29, 1.82) is 0 Å². The van der Waals surface area contributed by atoms with Crippen LogP contribution in [-0.4, -0.2) is 31.1 Å². The summed E-state index contributed by atoms with van der Waals surface area (Å²) in [6, 6.07) is 5.95. The number of rotatable bonds is 2. The zero-order chi connectivity index (χ0) is 11.0. The average molecular weight is 218 g/mol. The van der Waals surface area contributed by atoms with Crippen LogP contribution in [0.5, 0.6) is 5.75 Å². The molecule has 0 spiro atoms. The van der Waals surface area contributed by atoms with E-state index in [0.29, 0.717) is 5.92 Å². The molecule has 0 radical (unpaired) electrons. The Morgan fingerprint density at radius 2 is 2.25 bits per heavy atom. The molecule has 0 amide bonds. The third-order valence-electron chi connectivity index (χ3n) is 3.60. The fourth-order valence-electron chi connectivity index (χ4n) is 2.54. The number of nitrogens with two attached hydrogens (primary N) is 1. The van der Waals surface area contributed by atoms with Gasteiger partial charge in [0.25, 0.3) is 0 Å². The summed E-state index contributed by atoms with van der Waals surface area (Å²) in [5.74, 6) is 1.59. The number of hydrogen-bond acceptors (Lipinski definition) is 3. The summed E-state index contributed by atoms with van der Waals surface area (Å²) < 4.78 is 5.78. The predicted octanol–water partition coefficient (Wildman–Crippen LogP) is 1.53. The fourth-order valence-corrected chi connectivity index (χ4v) is 2.54. The lowest BCUT2D eigenvalue weighted by molar-refractivity contribution is 0.116. The maximum absolute atomic E-state index is 5.99. The molecule has 86 valence electrons. The van der Waals surface area contributed by atoms with Crippen molar-refractivity contribution in [3.8, 4) is 5.75 Å². The maximum Gasteiger partial charge on any atom is 0.124 e. The van der Waals surface area contributed by atoms with Crippen molar-refractivity contribution in [3.05, 3.63) is 23.8 Å². The Hall–Kier alpha value is -1.22. The van der Waals surface area contributed by atoms with Crippen LogP contribution < -0.4 is 10.5 Å². The molecule has 0 saturated carbocycles. The lowest BCUT2D eigenvalue weighted by Gasteiger charge is -2.36. The van der Waals surface area contributed by atoms with E-state index in [4.69, 9.17) is 10.5 Å². The minimum atomic E-state index is 0.609. The predicted molar refractivity (Wildman–Crippen MR) is 64.6 cm³/mol. The summed E-state index contributed by atoms with van der Waals surface area (Å²) in [6.07, 6.45) is 2.42. The molecular formula is C13H18N2O. The lowest BCUT2D eigenvalue weighted by Crippen LogP contribution is -2.43. The first-order valence-electron chi connectivity index (χ1n) is 6.05. The van der Waals surface area contributed by atoms with Crippen molar-refractivity contribution in [2.24, 2.45) is 5.92 Å². The first kappa shape index (κ1) is 9.97. The normalized spacial score (nSPS) is 24.4. The molecule has 0 aromatic heterocycles. The van der Waals surface area contributed by atoms with E-state index in [1.54, 1.807) is 0 Å². The van der Waals surface area contributed by atoms with E-state index in [9.17, 15) is 0 Å². The molecule has 3 rings (SSSR count). The molecule has 2 aliphatic heterocycles. The second-order valence-electron chi connectivity index (χ2n) is 4.86. The molecule has 1 unspecified atom stereocenters. The maximum atomic E-state index is 5.99. The van der Waals surface area contributed by atoms with Crippen molar-refractivity contribution in [2.45, 2.75) is 12.8 Å². The van der Waals surface area contributed by atoms with Gasteiger partial charge in [-0.3, -0.25) is 0 Å². The molecule has 1 fully saturated rings. The molecule has 16 heavy (non-hydrogen) atoms. The van der Waals surface area contributed by atoms with Gasteiger partial charge in [0.15, 0.2) is 0 Å². The molecule has 0 bridgehead atoms. The van der Waals surface area contributed by atoms with Crippen LogP contribution in [0.15, 0.2) is 18.2 Å². The van der Waals surface area contributed by atoms with Gasteiger partial charge >= 0.3 is 0 Å². The zero-order valence-corrected chi connectivity index (χ0v) is 9.48. The van der Waals surface area contributed by atoms with Crippen LogP contribution in [0.25, 0.3) is 0 Å². The Morgan fingerprint density at radius 3 is 3.00 bits per heavy atom. The molecule has 1 aromatic carbocycles. The molecule has 1 atom stereocenters. The highest BCUT2D eigenvalue weighted by Gasteiger charge is 2.25. The van der Waals surface area contributed by atoms with Crippen molar-refractivity contribution in [1.82, 2.24) is 4.90 Å². The Bertz CT molecular complexity index is 388. The molecule has 2 aliphatic rings. The Balaban J connectivity index is 1.72. The van der Waals surface area contributed by atoms with Gasteiger partial charge in [-0.2, -0.15) is 0 Å². The number of ether oxygens (including phenoxy) is 1. The Labute approximate surface area is 96.2 Å². The third-order valence-corrected chi connectivity index (χ3v) is 3.60. The summed E-state index contributed by atoms with van der Waals surface area (Å²) in [7, 11) is 0. The average Bonchev–Trinajstić information content (AvgIpc) is 2.24. The van der Waals surface area contributed by atoms with E-state index in [2.05, 4.69) is 4.90 Å². The number of fused-ring (bicyclic) bond motifs is 1. The number of likely N-dealkylation sites (tertiary alicyclic amines) is 1. The number of hydrogen-bond donors (Lipinski definition) is 1. The quantitative estimate of drug-likeness (QED) is 0.765. The van der Waals surface area contributed by atoms with Crippen LogP contribution in [0, 0.1) is 5.92 Å². The third kappa shape index (κ3) is 1.76. The number of benzene rings is 1. The number of nitrogen functional groups attached to an aromatic ring is 1. The van der Waals surface area contributed by atoms with E-state index < -0.39 is 0 Å². The van der Waals surface area contributed by atoms with Gasteiger partial charge in [-0.1, -0.05) is 6.07 Å². The highest BCUT2D eigenvalue weighted by atomic mass is 16.5. The van der Waals surface area contributed by atoms with Crippen LogP contribution in [-0.2, 0) is 6.42 Å². The summed E-state index contributed by atoms with van der Waals surface area (Å²) in [6.45, 7) is 4.52. The molecule has 3 heteroatoms. The Kier molecular flexibility index (Phi) is 2.48. The second kappa shape index (κ2) is 3.98. The molecule has 2 heterocycles. The Morgan fingerprint density at radius 1 is 1.38 bits per heavy atom. The summed E-state index contributed by atoms with van der Waals surface area (Å²) in [4.78, 5) is 2.50. The van der Waals surface area contributed by atoms with E-state index in [-0.39, 0.29) is 0 Å². The van der Waals surface area contributed by atoms with Gasteiger partial charge in [-0.25, -0.2) is 0 Å². The van der Waals surface area contributed by atoms with E-state index >= 15 is 0 Å². The van der Waals surface area contributed by atoms with E-state index in [0.717, 1.165) is 31.0 Å². The SMILES string of the molecule is Nc1cccc2c1CC(CN1CCC1)CO2. The highest BCUT2D eigenvalue weighted by molar-refractivity contribution is 5.55. The lowest BCUT2D eigenvalue weighted by atomic mass is 9.94. The van der Waals surface area contributed by atoms with Gasteiger partial charge in [-0.15, -0.1) is 0 Å². The van der Waals surface area contributed by atoms with Gasteiger partial charge in [0, 0.05) is 23.7 Å². The molecule has 2 N–H and O–H groups in total. The van der Waals surface area contributed by atoms with Crippen molar-refractivity contribution >= 4 is 5.69 Å². The van der Waals surface area contributed by atoms with Gasteiger partial charge < -0.3 is 15.4 Å². The zero-order valence-electron chi connectivity index (χ0n) is 9.48. The molecule has 0 aliphatic carbocycles. The summed E-state index contributed by atoms with van der Waals surface area (Å²) >= 11 is 0. The van der Waals surface area contributed by atoms with Crippen LogP contribution >= 0.6 is 0 Å². The summed E-state index contributed by atoms with van der Waals surface area (Å²) in [5, 5.41) is 0. The first-order chi connectivity index (χ1) is 7.83. The van der Waals surface area contributed by atoms with Gasteiger partial charge in [0.05, 0.1) is 6.61 Å². The highest BCUT2D eigenvalue weighted by Crippen LogP contribution is 2.32. The fraction of sp³-hybridized carbons (Fsp3) is 0.538. The monoisotopic (exact) mass is 218 g/mol. The van der Waals surface area contributed by atoms with Crippen LogP contribution in [0.2, 0.25) is 0 Å². The van der Waals surface area contributed by atoms with Gasteiger partial charge in [0.1, 0.15) is 5.75 Å². The van der Waals surface area contributed by atoms with Crippen LogP contribution in [0.1, 0.15) is 12.0 Å². The topological polar surface area (TPSA) is 38.5 Å². The largest absolute Gasteiger partial charge is 0.493 e. The minimum Gasteiger partial charge on any atom is -0.493 e. The molecule has 1 aromatic rings. The van der Waals surface area contributed by atoms with Gasteiger partial charge in [0.2, 0.25) is 0 Å². The van der Waals surface area contributed by atoms with Crippen molar-refractivity contribution in [3.63, 3.8) is 0 Å². The van der Waals surface area contributed by atoms with Crippen molar-refractivity contribution < 1.29 is 4.74 Å². The number of anilines is 1. The second-order valence-corrected chi connectivity index (χ2v) is 4.86. The van der Waals surface area contributed by atoms with Gasteiger partial charge in [-0.05, 0) is 38.1 Å². The minimum absolute atomic E-state index is 0.609. The van der Waals surface area contributed by atoms with E-state index in [1.165, 1.54) is 25.1 Å². The number of nitrogens with zero attached hydrogens (tertiary/aromatic N) is 1. The van der Waals surface area contributed by atoms with E-state index in [1.807, 2.05) is 18.2 Å². The first-order valence-corrected chi connectivity index (χ1v) is 6.05. The van der Waals surface area contributed by atoms with Crippen molar-refractivity contribution in [2.75, 3.05) is 32.0 Å². The standard InChI is InChI=1S/C13H18N2O/c14-12-3-1-4-13-11(12)7-10(9-16-13)8-15-5-2-6-15/h1,3-4,10H,2,5-9,14H2. The molecular weight excluding hydrogens is 200 g/mol. The summed E-state index contributed by atoms with van der Waals surface area (Å²) in [5.41, 5.74) is 8.08. The van der Waals surface area contributed by atoms with Crippen LogP contribution in [0.4, 0.5) is 5.69 Å². The molecule has 1 saturated heterocycles. The van der Waals surface area contributed by atoms with Crippen LogP contribution in [0.3, 0.4) is 0 Å². The smallest absolute Gasteiger partial charge is 0.124 e.